The van der Waals surface area contributed by atoms with Gasteiger partial charge < -0.3 is 10.2 Å². The van der Waals surface area contributed by atoms with Crippen molar-refractivity contribution in [1.82, 2.24) is 10.2 Å². The molecule has 0 radical (unpaired) electrons. The standard InChI is InChI=1S/C10H14Cl2N2/c11-8-2-1-3-9(10(8)12)14-6-4-13-5-7-14/h1-3,8,10,13H,4-7H2. The van der Waals surface area contributed by atoms with E-state index in [1.54, 1.807) is 0 Å². The number of nitrogens with one attached hydrogen (secondary N) is 1. The van der Waals surface area contributed by atoms with Gasteiger partial charge in [0.15, 0.2) is 0 Å². The van der Waals surface area contributed by atoms with Gasteiger partial charge in [0.2, 0.25) is 0 Å². The van der Waals surface area contributed by atoms with E-state index in [1.165, 1.54) is 0 Å². The molecule has 0 saturated carbocycles. The van der Waals surface area contributed by atoms with Crippen molar-refractivity contribution in [2.45, 2.75) is 10.8 Å². The summed E-state index contributed by atoms with van der Waals surface area (Å²) in [5, 5.41) is 3.16. The maximum absolute atomic E-state index is 6.25. The number of halogens is 2. The number of hydrogen-bond donors (Lipinski definition) is 1. The molecule has 2 nitrogen and oxygen atoms in total. The van der Waals surface area contributed by atoms with Crippen LogP contribution in [0.1, 0.15) is 0 Å². The topological polar surface area (TPSA) is 15.3 Å². The van der Waals surface area contributed by atoms with Crippen molar-refractivity contribution in [3.05, 3.63) is 23.9 Å². The Morgan fingerprint density at radius 1 is 1.29 bits per heavy atom. The van der Waals surface area contributed by atoms with E-state index in [0.29, 0.717) is 0 Å². The number of nitrogens with zero attached hydrogens (tertiary/aromatic N) is 1. The van der Waals surface area contributed by atoms with Crippen LogP contribution in [0.15, 0.2) is 23.9 Å². The van der Waals surface area contributed by atoms with Gasteiger partial charge in [-0.3, -0.25) is 0 Å². The van der Waals surface area contributed by atoms with Crippen LogP contribution in [0.2, 0.25) is 0 Å². The molecule has 2 aliphatic rings. The first-order valence-electron chi connectivity index (χ1n) is 4.91. The average Bonchev–Trinajstić information content (AvgIpc) is 2.23. The average molecular weight is 233 g/mol. The lowest BCUT2D eigenvalue weighted by molar-refractivity contribution is 0.291. The molecule has 0 bridgehead atoms. The molecule has 1 saturated heterocycles. The summed E-state index contributed by atoms with van der Waals surface area (Å²) in [4.78, 5) is 2.31. The minimum absolute atomic E-state index is 0.0773. The summed E-state index contributed by atoms with van der Waals surface area (Å²) >= 11 is 12.3. The molecule has 1 fully saturated rings. The summed E-state index contributed by atoms with van der Waals surface area (Å²) < 4.78 is 0. The number of allylic oxidation sites excluding steroid dienone is 4. The Labute approximate surface area is 94.5 Å². The van der Waals surface area contributed by atoms with Crippen LogP contribution in [0.5, 0.6) is 0 Å². The monoisotopic (exact) mass is 232 g/mol. The highest BCUT2D eigenvalue weighted by Gasteiger charge is 2.25. The molecule has 0 aromatic heterocycles. The van der Waals surface area contributed by atoms with Crippen LogP contribution < -0.4 is 5.32 Å². The first kappa shape index (κ1) is 10.3. The van der Waals surface area contributed by atoms with E-state index in [4.69, 9.17) is 23.2 Å². The van der Waals surface area contributed by atoms with Crippen molar-refractivity contribution >= 4 is 23.2 Å². The smallest absolute Gasteiger partial charge is 0.0932 e. The molecule has 1 aliphatic carbocycles. The van der Waals surface area contributed by atoms with E-state index in [-0.39, 0.29) is 10.8 Å². The van der Waals surface area contributed by atoms with Crippen molar-refractivity contribution in [3.8, 4) is 0 Å². The first-order chi connectivity index (χ1) is 6.79. The van der Waals surface area contributed by atoms with E-state index < -0.39 is 0 Å². The zero-order chi connectivity index (χ0) is 9.97. The molecule has 4 heteroatoms. The summed E-state index contributed by atoms with van der Waals surface area (Å²) in [5.74, 6) is 0. The molecule has 0 aromatic rings. The Hall–Kier alpha value is -0.180. The van der Waals surface area contributed by atoms with Gasteiger partial charge in [0.05, 0.1) is 10.8 Å². The maximum atomic E-state index is 6.25. The molecule has 2 rings (SSSR count). The highest BCUT2D eigenvalue weighted by Crippen LogP contribution is 2.26. The van der Waals surface area contributed by atoms with Gasteiger partial charge in [-0.15, -0.1) is 23.2 Å². The molecule has 2 atom stereocenters. The van der Waals surface area contributed by atoms with Gasteiger partial charge in [-0.1, -0.05) is 12.2 Å². The quantitative estimate of drug-likeness (QED) is 0.691. The van der Waals surface area contributed by atoms with Gasteiger partial charge in [0, 0.05) is 31.9 Å². The van der Waals surface area contributed by atoms with Gasteiger partial charge in [-0.05, 0) is 6.08 Å². The minimum atomic E-state index is -0.0835. The third-order valence-corrected chi connectivity index (χ3v) is 3.63. The molecule has 1 aliphatic heterocycles. The van der Waals surface area contributed by atoms with Crippen molar-refractivity contribution < 1.29 is 0 Å². The predicted molar refractivity (Wildman–Crippen MR) is 60.9 cm³/mol. The molecule has 2 unspecified atom stereocenters. The summed E-state index contributed by atoms with van der Waals surface area (Å²) in [6.45, 7) is 4.09. The molecule has 14 heavy (non-hydrogen) atoms. The highest BCUT2D eigenvalue weighted by atomic mass is 35.5. The summed E-state index contributed by atoms with van der Waals surface area (Å²) in [6, 6.07) is 0. The second-order valence-corrected chi connectivity index (χ2v) is 4.53. The third kappa shape index (κ3) is 2.08. The normalized spacial score (nSPS) is 33.0. The SMILES string of the molecule is ClC1C=CC=C(N2CCNCC2)C1Cl. The second-order valence-electron chi connectivity index (χ2n) is 3.56. The van der Waals surface area contributed by atoms with Gasteiger partial charge in [-0.2, -0.15) is 0 Å². The summed E-state index contributed by atoms with van der Waals surface area (Å²) in [6.07, 6.45) is 6.00. The van der Waals surface area contributed by atoms with Crippen LogP contribution in [0.4, 0.5) is 0 Å². The van der Waals surface area contributed by atoms with E-state index in [0.717, 1.165) is 31.9 Å². The number of piperazine rings is 1. The Kier molecular flexibility index (Phi) is 3.37. The molecular formula is C10H14Cl2N2. The molecule has 0 aromatic carbocycles. The zero-order valence-electron chi connectivity index (χ0n) is 7.92. The predicted octanol–water partition coefficient (Wildman–Crippen LogP) is 1.56. The first-order valence-corrected chi connectivity index (χ1v) is 5.78. The van der Waals surface area contributed by atoms with Crippen LogP contribution in [-0.4, -0.2) is 41.8 Å². The van der Waals surface area contributed by atoms with E-state index in [2.05, 4.69) is 16.3 Å². The molecule has 1 N–H and O–H groups in total. The third-order valence-electron chi connectivity index (χ3n) is 2.61. The minimum Gasteiger partial charge on any atom is -0.371 e. The molecule has 1 heterocycles. The van der Waals surface area contributed by atoms with E-state index in [1.807, 2.05) is 12.2 Å². The Morgan fingerprint density at radius 2 is 2.00 bits per heavy atom. The van der Waals surface area contributed by atoms with Crippen molar-refractivity contribution in [2.24, 2.45) is 0 Å². The Bertz CT molecular complexity index is 257. The van der Waals surface area contributed by atoms with Crippen LogP contribution in [-0.2, 0) is 0 Å². The number of hydrogen-bond acceptors (Lipinski definition) is 2. The van der Waals surface area contributed by atoms with Crippen molar-refractivity contribution in [1.29, 1.82) is 0 Å². The highest BCUT2D eigenvalue weighted by molar-refractivity contribution is 6.32. The molecular weight excluding hydrogens is 219 g/mol. The number of alkyl halides is 2. The largest absolute Gasteiger partial charge is 0.371 e. The van der Waals surface area contributed by atoms with Crippen LogP contribution >= 0.6 is 23.2 Å². The lowest BCUT2D eigenvalue weighted by Gasteiger charge is -2.35. The van der Waals surface area contributed by atoms with E-state index in [9.17, 15) is 0 Å². The van der Waals surface area contributed by atoms with E-state index >= 15 is 0 Å². The van der Waals surface area contributed by atoms with Crippen molar-refractivity contribution in [2.75, 3.05) is 26.2 Å². The number of rotatable bonds is 1. The van der Waals surface area contributed by atoms with Crippen LogP contribution in [0, 0.1) is 0 Å². The van der Waals surface area contributed by atoms with Gasteiger partial charge in [0.1, 0.15) is 0 Å². The van der Waals surface area contributed by atoms with Gasteiger partial charge in [-0.25, -0.2) is 0 Å². The molecule has 0 amide bonds. The fraction of sp³-hybridized carbons (Fsp3) is 0.600. The Morgan fingerprint density at radius 3 is 2.71 bits per heavy atom. The fourth-order valence-corrected chi connectivity index (χ4v) is 2.32. The summed E-state index contributed by atoms with van der Waals surface area (Å²) in [5.41, 5.74) is 1.16. The maximum Gasteiger partial charge on any atom is 0.0932 e. The van der Waals surface area contributed by atoms with Gasteiger partial charge in [0.25, 0.3) is 0 Å². The molecule has 78 valence electrons. The lowest BCUT2D eigenvalue weighted by atomic mass is 10.1. The second kappa shape index (κ2) is 4.56. The Balaban J connectivity index is 2.08. The fourth-order valence-electron chi connectivity index (χ4n) is 1.82. The van der Waals surface area contributed by atoms with Gasteiger partial charge >= 0.3 is 0 Å². The van der Waals surface area contributed by atoms with Crippen LogP contribution in [0.25, 0.3) is 0 Å². The lowest BCUT2D eigenvalue weighted by Crippen LogP contribution is -2.45. The summed E-state index contributed by atoms with van der Waals surface area (Å²) in [7, 11) is 0. The zero-order valence-corrected chi connectivity index (χ0v) is 9.43. The molecule has 0 spiro atoms. The van der Waals surface area contributed by atoms with Crippen molar-refractivity contribution in [3.63, 3.8) is 0 Å². The van der Waals surface area contributed by atoms with Crippen LogP contribution in [0.3, 0.4) is 0 Å².